The summed E-state index contributed by atoms with van der Waals surface area (Å²) >= 11 is 0. The van der Waals surface area contributed by atoms with Gasteiger partial charge in [-0.15, -0.1) is 0 Å². The summed E-state index contributed by atoms with van der Waals surface area (Å²) in [5.74, 6) is 0. The average Bonchev–Trinajstić information content (AvgIpc) is 2.80. The van der Waals surface area contributed by atoms with Gasteiger partial charge in [0.05, 0.1) is 12.1 Å². The van der Waals surface area contributed by atoms with Crippen molar-refractivity contribution in [3.05, 3.63) is 42.1 Å². The van der Waals surface area contributed by atoms with Crippen molar-refractivity contribution in [2.24, 2.45) is 5.73 Å². The van der Waals surface area contributed by atoms with Crippen molar-refractivity contribution in [1.82, 2.24) is 9.88 Å². The topological polar surface area (TPSA) is 68.5 Å². The molecule has 1 saturated heterocycles. The number of hydrogen-bond acceptors (Lipinski definition) is 4. The van der Waals surface area contributed by atoms with Gasteiger partial charge >= 0.3 is 6.09 Å². The zero-order chi connectivity index (χ0) is 13.2. The summed E-state index contributed by atoms with van der Waals surface area (Å²) in [6, 6.07) is 9.83. The van der Waals surface area contributed by atoms with Crippen LogP contribution in [0.25, 0.3) is 10.9 Å². The second-order valence-corrected chi connectivity index (χ2v) is 4.61. The number of amides is 1. The van der Waals surface area contributed by atoms with Crippen molar-refractivity contribution in [1.29, 1.82) is 0 Å². The second-order valence-electron chi connectivity index (χ2n) is 4.61. The minimum Gasteiger partial charge on any atom is -0.443 e. The summed E-state index contributed by atoms with van der Waals surface area (Å²) in [7, 11) is 0. The molecule has 0 radical (unpaired) electrons. The highest BCUT2D eigenvalue weighted by atomic mass is 16.6. The number of pyridine rings is 1. The molecule has 1 aromatic heterocycles. The first-order valence-corrected chi connectivity index (χ1v) is 6.26. The Labute approximate surface area is 111 Å². The lowest BCUT2D eigenvalue weighted by atomic mass is 10.1. The van der Waals surface area contributed by atoms with E-state index >= 15 is 0 Å². The van der Waals surface area contributed by atoms with E-state index in [0.717, 1.165) is 16.5 Å². The third-order valence-electron chi connectivity index (χ3n) is 3.31. The molecule has 19 heavy (non-hydrogen) atoms. The van der Waals surface area contributed by atoms with Crippen LogP contribution in [0.1, 0.15) is 5.56 Å². The van der Waals surface area contributed by atoms with E-state index in [-0.39, 0.29) is 12.2 Å². The lowest BCUT2D eigenvalue weighted by molar-refractivity contribution is 0.134. The number of nitrogens with zero attached hydrogens (tertiary/aromatic N) is 2. The Morgan fingerprint density at radius 1 is 1.37 bits per heavy atom. The number of aromatic nitrogens is 1. The van der Waals surface area contributed by atoms with E-state index in [1.54, 1.807) is 11.1 Å². The first-order chi connectivity index (χ1) is 9.28. The summed E-state index contributed by atoms with van der Waals surface area (Å²) in [4.78, 5) is 17.7. The van der Waals surface area contributed by atoms with Gasteiger partial charge in [-0.05, 0) is 17.7 Å². The van der Waals surface area contributed by atoms with E-state index < -0.39 is 0 Å². The van der Waals surface area contributed by atoms with E-state index in [1.807, 2.05) is 30.3 Å². The number of benzene rings is 1. The number of ether oxygens (including phenoxy) is 1. The number of rotatable bonds is 3. The Bertz CT molecular complexity index is 609. The predicted molar refractivity (Wildman–Crippen MR) is 71.5 cm³/mol. The Hall–Kier alpha value is -2.14. The highest BCUT2D eigenvalue weighted by molar-refractivity contribution is 5.82. The minimum atomic E-state index is -0.295. The molecule has 1 fully saturated rings. The maximum absolute atomic E-state index is 11.7. The molecule has 1 amide bonds. The summed E-state index contributed by atoms with van der Waals surface area (Å²) in [6.07, 6.45) is 1.27. The highest BCUT2D eigenvalue weighted by Crippen LogP contribution is 2.20. The van der Waals surface area contributed by atoms with Crippen LogP contribution in [-0.2, 0) is 11.3 Å². The summed E-state index contributed by atoms with van der Waals surface area (Å²) in [5, 5.41) is 1.06. The Morgan fingerprint density at radius 2 is 2.21 bits per heavy atom. The number of carbonyl (C=O) groups excluding carboxylic acids is 1. The van der Waals surface area contributed by atoms with Crippen molar-refractivity contribution in [3.63, 3.8) is 0 Å². The minimum absolute atomic E-state index is 0.194. The van der Waals surface area contributed by atoms with E-state index in [0.29, 0.717) is 19.6 Å². The van der Waals surface area contributed by atoms with E-state index in [1.165, 1.54) is 0 Å². The number of cyclic esters (lactones) is 1. The number of hydrogen-bond donors (Lipinski definition) is 1. The fourth-order valence-corrected chi connectivity index (χ4v) is 2.33. The monoisotopic (exact) mass is 257 g/mol. The highest BCUT2D eigenvalue weighted by Gasteiger charge is 2.30. The summed E-state index contributed by atoms with van der Waals surface area (Å²) < 4.78 is 5.15. The summed E-state index contributed by atoms with van der Waals surface area (Å²) in [5.41, 5.74) is 7.53. The number of fused-ring (bicyclic) bond motifs is 1. The Kier molecular flexibility index (Phi) is 3.05. The smallest absolute Gasteiger partial charge is 0.410 e. The van der Waals surface area contributed by atoms with Gasteiger partial charge in [0.15, 0.2) is 0 Å². The molecular formula is C14H15N3O2. The van der Waals surface area contributed by atoms with Crippen LogP contribution in [0, 0.1) is 0 Å². The van der Waals surface area contributed by atoms with Crippen molar-refractivity contribution < 1.29 is 9.53 Å². The zero-order valence-electron chi connectivity index (χ0n) is 10.5. The van der Waals surface area contributed by atoms with Crippen molar-refractivity contribution >= 4 is 17.0 Å². The maximum Gasteiger partial charge on any atom is 0.410 e. The van der Waals surface area contributed by atoms with Gasteiger partial charge in [0.25, 0.3) is 0 Å². The lowest BCUT2D eigenvalue weighted by Crippen LogP contribution is -2.27. The molecule has 1 aliphatic heterocycles. The van der Waals surface area contributed by atoms with Gasteiger partial charge in [-0.3, -0.25) is 4.98 Å². The third kappa shape index (κ3) is 2.24. The van der Waals surface area contributed by atoms with Gasteiger partial charge in [0, 0.05) is 24.7 Å². The molecule has 2 N–H and O–H groups in total. The molecule has 3 rings (SSSR count). The van der Waals surface area contributed by atoms with Crippen LogP contribution in [0.3, 0.4) is 0 Å². The molecular weight excluding hydrogens is 242 g/mol. The van der Waals surface area contributed by atoms with Crippen LogP contribution >= 0.6 is 0 Å². The van der Waals surface area contributed by atoms with Gasteiger partial charge in [-0.25, -0.2) is 4.79 Å². The fourth-order valence-electron chi connectivity index (χ4n) is 2.33. The van der Waals surface area contributed by atoms with Crippen LogP contribution in [0.5, 0.6) is 0 Å². The Morgan fingerprint density at radius 3 is 3.00 bits per heavy atom. The predicted octanol–water partition coefficient (Wildman–Crippen LogP) is 1.51. The maximum atomic E-state index is 11.7. The van der Waals surface area contributed by atoms with Crippen LogP contribution < -0.4 is 5.73 Å². The van der Waals surface area contributed by atoms with Crippen molar-refractivity contribution in [2.75, 3.05) is 13.1 Å². The zero-order valence-corrected chi connectivity index (χ0v) is 10.5. The molecule has 1 aliphatic rings. The van der Waals surface area contributed by atoms with Gasteiger partial charge in [0.1, 0.15) is 6.10 Å². The van der Waals surface area contributed by atoms with E-state index in [2.05, 4.69) is 4.98 Å². The number of para-hydroxylation sites is 1. The Balaban J connectivity index is 1.88. The number of nitrogens with two attached hydrogens (primary N) is 1. The van der Waals surface area contributed by atoms with Gasteiger partial charge < -0.3 is 15.4 Å². The standard InChI is InChI=1S/C14H15N3O2/c15-7-11-9-17(14(18)19-11)8-10-5-6-16-13-4-2-1-3-12(10)13/h1-6,11H,7-9,15H2. The molecule has 5 heteroatoms. The molecule has 1 unspecified atom stereocenters. The second kappa shape index (κ2) is 4.85. The van der Waals surface area contributed by atoms with Crippen LogP contribution in [0.4, 0.5) is 4.79 Å². The van der Waals surface area contributed by atoms with Gasteiger partial charge in [0.2, 0.25) is 0 Å². The van der Waals surface area contributed by atoms with E-state index in [9.17, 15) is 4.79 Å². The molecule has 98 valence electrons. The van der Waals surface area contributed by atoms with Crippen LogP contribution in [0.2, 0.25) is 0 Å². The van der Waals surface area contributed by atoms with E-state index in [4.69, 9.17) is 10.5 Å². The molecule has 0 aliphatic carbocycles. The van der Waals surface area contributed by atoms with Crippen molar-refractivity contribution in [3.8, 4) is 0 Å². The van der Waals surface area contributed by atoms with Crippen molar-refractivity contribution in [2.45, 2.75) is 12.6 Å². The first-order valence-electron chi connectivity index (χ1n) is 6.26. The molecule has 1 atom stereocenters. The molecule has 1 aromatic carbocycles. The third-order valence-corrected chi connectivity index (χ3v) is 3.31. The van der Waals surface area contributed by atoms with Crippen LogP contribution in [0.15, 0.2) is 36.5 Å². The largest absolute Gasteiger partial charge is 0.443 e. The SMILES string of the molecule is NCC1CN(Cc2ccnc3ccccc23)C(=O)O1. The first kappa shape index (κ1) is 11.9. The van der Waals surface area contributed by atoms with Crippen LogP contribution in [-0.4, -0.2) is 35.2 Å². The van der Waals surface area contributed by atoms with Gasteiger partial charge in [-0.1, -0.05) is 18.2 Å². The molecule has 0 spiro atoms. The molecule has 0 bridgehead atoms. The fraction of sp³-hybridized carbons (Fsp3) is 0.286. The molecule has 5 nitrogen and oxygen atoms in total. The molecule has 0 saturated carbocycles. The van der Waals surface area contributed by atoms with Gasteiger partial charge in [-0.2, -0.15) is 0 Å². The quantitative estimate of drug-likeness (QED) is 0.905. The molecule has 2 heterocycles. The molecule has 2 aromatic rings. The lowest BCUT2D eigenvalue weighted by Gasteiger charge is -2.14. The average molecular weight is 257 g/mol. The number of carbonyl (C=O) groups is 1. The summed E-state index contributed by atoms with van der Waals surface area (Å²) in [6.45, 7) is 1.43. The normalized spacial score (nSPS) is 18.9.